The fourth-order valence-electron chi connectivity index (χ4n) is 1.59. The van der Waals surface area contributed by atoms with Crippen LogP contribution in [0.1, 0.15) is 32.3 Å². The van der Waals surface area contributed by atoms with E-state index in [0.717, 1.165) is 0 Å². The summed E-state index contributed by atoms with van der Waals surface area (Å²) in [6.45, 7) is 6.00. The number of rotatable bonds is 6. The van der Waals surface area contributed by atoms with Gasteiger partial charge in [0.2, 0.25) is 5.91 Å². The molecule has 4 nitrogen and oxygen atoms in total. The van der Waals surface area contributed by atoms with Gasteiger partial charge in [-0.05, 0) is 17.7 Å². The maximum atomic E-state index is 12.9. The van der Waals surface area contributed by atoms with Crippen molar-refractivity contribution in [3.05, 3.63) is 35.6 Å². The molecule has 1 rings (SSSR count). The van der Waals surface area contributed by atoms with Crippen LogP contribution in [-0.2, 0) is 9.59 Å². The lowest BCUT2D eigenvalue weighted by Crippen LogP contribution is -2.33. The highest BCUT2D eigenvalue weighted by Gasteiger charge is 2.21. The first-order chi connectivity index (χ1) is 9.69. The van der Waals surface area contributed by atoms with Gasteiger partial charge in [-0.15, -0.1) is 11.8 Å². The van der Waals surface area contributed by atoms with Gasteiger partial charge in [0.05, 0.1) is 11.7 Å². The van der Waals surface area contributed by atoms with E-state index in [0.29, 0.717) is 5.56 Å². The van der Waals surface area contributed by atoms with Crippen molar-refractivity contribution in [1.29, 1.82) is 0 Å². The fraction of sp³-hybridized carbons (Fsp3) is 0.467. The van der Waals surface area contributed by atoms with E-state index in [2.05, 4.69) is 5.32 Å². The lowest BCUT2D eigenvalue weighted by Gasteiger charge is -2.18. The predicted molar refractivity (Wildman–Crippen MR) is 82.0 cm³/mol. The highest BCUT2D eigenvalue weighted by molar-refractivity contribution is 8.01. The summed E-state index contributed by atoms with van der Waals surface area (Å²) < 4.78 is 12.8. The molecule has 2 N–H and O–H groups in total. The van der Waals surface area contributed by atoms with Crippen LogP contribution < -0.4 is 5.32 Å². The summed E-state index contributed by atoms with van der Waals surface area (Å²) in [5.74, 6) is -2.28. The summed E-state index contributed by atoms with van der Waals surface area (Å²) in [5.41, 5.74) is 0.465. The van der Waals surface area contributed by atoms with Crippen molar-refractivity contribution in [2.45, 2.75) is 31.4 Å². The highest BCUT2D eigenvalue weighted by atomic mass is 32.2. The summed E-state index contributed by atoms with van der Waals surface area (Å²) in [6.07, 6.45) is 0. The minimum atomic E-state index is -1.05. The van der Waals surface area contributed by atoms with Gasteiger partial charge in [0, 0.05) is 11.3 Å². The molecule has 116 valence electrons. The van der Waals surface area contributed by atoms with Crippen molar-refractivity contribution in [2.24, 2.45) is 0 Å². The Labute approximate surface area is 128 Å². The van der Waals surface area contributed by atoms with Crippen molar-refractivity contribution in [3.63, 3.8) is 0 Å². The number of carbonyl (C=O) groups excluding carboxylic acids is 1. The Hall–Kier alpha value is -1.56. The van der Waals surface area contributed by atoms with Gasteiger partial charge in [-0.1, -0.05) is 32.9 Å². The molecule has 0 heterocycles. The second-order valence-electron chi connectivity index (χ2n) is 5.65. The SMILES string of the molecule is CC(C)(C)SCC(=O)NCC(C(=O)O)c1ccc(F)cc1. The number of amides is 1. The molecule has 0 radical (unpaired) electrons. The Kier molecular flexibility index (Phi) is 6.20. The van der Waals surface area contributed by atoms with Gasteiger partial charge in [0.15, 0.2) is 0 Å². The molecule has 1 atom stereocenters. The van der Waals surface area contributed by atoms with Crippen LogP contribution in [0.25, 0.3) is 0 Å². The normalized spacial score (nSPS) is 12.8. The largest absolute Gasteiger partial charge is 0.481 e. The average Bonchev–Trinajstić information content (AvgIpc) is 2.37. The molecule has 21 heavy (non-hydrogen) atoms. The summed E-state index contributed by atoms with van der Waals surface area (Å²) in [6, 6.07) is 5.26. The lowest BCUT2D eigenvalue weighted by atomic mass is 9.99. The smallest absolute Gasteiger partial charge is 0.312 e. The van der Waals surface area contributed by atoms with Gasteiger partial charge in [0.25, 0.3) is 0 Å². The fourth-order valence-corrected chi connectivity index (χ4v) is 2.26. The second-order valence-corrected chi connectivity index (χ2v) is 7.45. The lowest BCUT2D eigenvalue weighted by molar-refractivity contribution is -0.138. The predicted octanol–water partition coefficient (Wildman–Crippen LogP) is 2.64. The number of benzene rings is 1. The Morgan fingerprint density at radius 3 is 2.33 bits per heavy atom. The van der Waals surface area contributed by atoms with Crippen molar-refractivity contribution in [1.82, 2.24) is 5.32 Å². The van der Waals surface area contributed by atoms with Crippen molar-refractivity contribution in [3.8, 4) is 0 Å². The van der Waals surface area contributed by atoms with Gasteiger partial charge >= 0.3 is 5.97 Å². The number of carboxylic acid groups (broad SMARTS) is 1. The number of thioether (sulfide) groups is 1. The summed E-state index contributed by atoms with van der Waals surface area (Å²) in [7, 11) is 0. The molecule has 1 unspecified atom stereocenters. The third-order valence-electron chi connectivity index (χ3n) is 2.71. The minimum absolute atomic E-state index is 0.00942. The van der Waals surface area contributed by atoms with Gasteiger partial charge < -0.3 is 10.4 Å². The third kappa shape index (κ3) is 6.62. The van der Waals surface area contributed by atoms with Crippen LogP contribution in [0.2, 0.25) is 0 Å². The second kappa shape index (κ2) is 7.45. The molecule has 0 aromatic heterocycles. The molecule has 0 spiro atoms. The summed E-state index contributed by atoms with van der Waals surface area (Å²) in [5, 5.41) is 11.8. The van der Waals surface area contributed by atoms with E-state index < -0.39 is 17.7 Å². The maximum Gasteiger partial charge on any atom is 0.312 e. The summed E-state index contributed by atoms with van der Waals surface area (Å²) >= 11 is 1.49. The van der Waals surface area contributed by atoms with E-state index in [4.69, 9.17) is 0 Å². The molecule has 0 aliphatic carbocycles. The highest BCUT2D eigenvalue weighted by Crippen LogP contribution is 2.22. The molecule has 0 saturated carbocycles. The molecule has 1 aromatic rings. The van der Waals surface area contributed by atoms with Crippen LogP contribution in [-0.4, -0.2) is 34.0 Å². The molecule has 0 fully saturated rings. The van der Waals surface area contributed by atoms with E-state index in [1.807, 2.05) is 20.8 Å². The molecule has 1 amide bonds. The zero-order chi connectivity index (χ0) is 16.0. The molecule has 1 aromatic carbocycles. The Morgan fingerprint density at radius 1 is 1.29 bits per heavy atom. The number of carboxylic acids is 1. The number of halogens is 1. The molecule has 6 heteroatoms. The maximum absolute atomic E-state index is 12.9. The van der Waals surface area contributed by atoms with Gasteiger partial charge in [-0.3, -0.25) is 9.59 Å². The van der Waals surface area contributed by atoms with Crippen LogP contribution >= 0.6 is 11.8 Å². The molecule has 0 aliphatic rings. The zero-order valence-electron chi connectivity index (χ0n) is 12.4. The first-order valence-electron chi connectivity index (χ1n) is 6.58. The molecular weight excluding hydrogens is 293 g/mol. The van der Waals surface area contributed by atoms with Crippen LogP contribution in [0.4, 0.5) is 4.39 Å². The summed E-state index contributed by atoms with van der Waals surface area (Å²) in [4.78, 5) is 23.0. The average molecular weight is 313 g/mol. The minimum Gasteiger partial charge on any atom is -0.481 e. The first kappa shape index (κ1) is 17.5. The molecule has 0 saturated heterocycles. The number of carbonyl (C=O) groups is 2. The monoisotopic (exact) mass is 313 g/mol. The molecule has 0 bridgehead atoms. The Balaban J connectivity index is 2.58. The van der Waals surface area contributed by atoms with Crippen molar-refractivity contribution in [2.75, 3.05) is 12.3 Å². The number of aliphatic carboxylic acids is 1. The molecular formula is C15H20FNO3S. The van der Waals surface area contributed by atoms with E-state index in [1.54, 1.807) is 0 Å². The van der Waals surface area contributed by atoms with Gasteiger partial charge in [0.1, 0.15) is 5.82 Å². The third-order valence-corrected chi connectivity index (χ3v) is 3.98. The number of hydrogen-bond donors (Lipinski definition) is 2. The Morgan fingerprint density at radius 2 is 1.86 bits per heavy atom. The van der Waals surface area contributed by atoms with Gasteiger partial charge in [-0.25, -0.2) is 4.39 Å². The van der Waals surface area contributed by atoms with Gasteiger partial charge in [-0.2, -0.15) is 0 Å². The molecule has 0 aliphatic heterocycles. The van der Waals surface area contributed by atoms with Crippen LogP contribution in [0.5, 0.6) is 0 Å². The number of hydrogen-bond acceptors (Lipinski definition) is 3. The van der Waals surface area contributed by atoms with E-state index in [9.17, 15) is 19.1 Å². The van der Waals surface area contributed by atoms with Crippen molar-refractivity contribution < 1.29 is 19.1 Å². The van der Waals surface area contributed by atoms with Crippen LogP contribution in [0.15, 0.2) is 24.3 Å². The first-order valence-corrected chi connectivity index (χ1v) is 7.56. The van der Waals surface area contributed by atoms with Crippen LogP contribution in [0, 0.1) is 5.82 Å². The van der Waals surface area contributed by atoms with E-state index in [1.165, 1.54) is 36.0 Å². The standard InChI is InChI=1S/C15H20FNO3S/c1-15(2,3)21-9-13(18)17-8-12(14(19)20)10-4-6-11(16)7-5-10/h4-7,12H,8-9H2,1-3H3,(H,17,18)(H,19,20). The Bertz CT molecular complexity index is 497. The van der Waals surface area contributed by atoms with E-state index in [-0.39, 0.29) is 23.0 Å². The quantitative estimate of drug-likeness (QED) is 0.847. The topological polar surface area (TPSA) is 66.4 Å². The zero-order valence-corrected chi connectivity index (χ0v) is 13.2. The van der Waals surface area contributed by atoms with E-state index >= 15 is 0 Å². The number of nitrogens with one attached hydrogen (secondary N) is 1. The van der Waals surface area contributed by atoms with Crippen LogP contribution in [0.3, 0.4) is 0 Å². The van der Waals surface area contributed by atoms with Crippen molar-refractivity contribution >= 4 is 23.6 Å².